The topological polar surface area (TPSA) is 85.1 Å². The third-order valence-corrected chi connectivity index (χ3v) is 3.72. The largest absolute Gasteiger partial charge is 0.339 e. The first-order valence-corrected chi connectivity index (χ1v) is 8.01. The molecule has 1 aromatic heterocycles. The number of anilines is 1. The molecule has 0 spiro atoms. The van der Waals surface area contributed by atoms with E-state index in [9.17, 15) is 14.0 Å². The summed E-state index contributed by atoms with van der Waals surface area (Å²) >= 11 is 0. The minimum absolute atomic E-state index is 0.122. The van der Waals surface area contributed by atoms with Crippen LogP contribution in [0.15, 0.2) is 53.1 Å². The number of Topliss-reactive ketones (excluding diaryl/α,β-unsaturated/α-hetero) is 1. The Hall–Kier alpha value is -3.35. The number of carbonyl (C=O) groups is 2. The Morgan fingerprint density at radius 3 is 2.58 bits per heavy atom. The van der Waals surface area contributed by atoms with Crippen molar-refractivity contribution in [3.8, 4) is 11.4 Å². The smallest absolute Gasteiger partial charge is 0.227 e. The summed E-state index contributed by atoms with van der Waals surface area (Å²) in [4.78, 5) is 27.9. The van der Waals surface area contributed by atoms with Gasteiger partial charge < -0.3 is 9.84 Å². The molecule has 26 heavy (non-hydrogen) atoms. The molecule has 0 fully saturated rings. The van der Waals surface area contributed by atoms with E-state index in [1.165, 1.54) is 19.1 Å². The normalized spacial score (nSPS) is 10.5. The molecule has 0 aliphatic rings. The molecule has 0 aliphatic carbocycles. The monoisotopic (exact) mass is 353 g/mol. The van der Waals surface area contributed by atoms with Crippen LogP contribution in [-0.2, 0) is 11.2 Å². The number of aromatic nitrogens is 2. The van der Waals surface area contributed by atoms with Crippen molar-refractivity contribution in [3.05, 3.63) is 65.8 Å². The number of aryl methyl sites for hydroxylation is 1. The van der Waals surface area contributed by atoms with Crippen LogP contribution in [0.5, 0.6) is 0 Å². The maximum Gasteiger partial charge on any atom is 0.227 e. The van der Waals surface area contributed by atoms with E-state index in [-0.39, 0.29) is 30.3 Å². The second-order valence-corrected chi connectivity index (χ2v) is 5.67. The number of halogens is 1. The molecule has 0 saturated carbocycles. The predicted molar refractivity (Wildman–Crippen MR) is 93.1 cm³/mol. The molecule has 1 amide bonds. The van der Waals surface area contributed by atoms with Crippen molar-refractivity contribution in [2.75, 3.05) is 5.32 Å². The zero-order chi connectivity index (χ0) is 18.5. The van der Waals surface area contributed by atoms with Gasteiger partial charge in [-0.3, -0.25) is 9.59 Å². The predicted octanol–water partition coefficient (Wildman–Crippen LogP) is 3.65. The van der Waals surface area contributed by atoms with Crippen LogP contribution in [0.3, 0.4) is 0 Å². The lowest BCUT2D eigenvalue weighted by atomic mass is 10.1. The summed E-state index contributed by atoms with van der Waals surface area (Å²) in [5.41, 5.74) is 1.56. The van der Waals surface area contributed by atoms with Gasteiger partial charge >= 0.3 is 0 Å². The van der Waals surface area contributed by atoms with Gasteiger partial charge in [-0.05, 0) is 43.3 Å². The van der Waals surface area contributed by atoms with Crippen molar-refractivity contribution < 1.29 is 18.5 Å². The number of para-hydroxylation sites is 1. The highest BCUT2D eigenvalue weighted by Gasteiger charge is 2.13. The number of hydrogen-bond acceptors (Lipinski definition) is 5. The average Bonchev–Trinajstić information content (AvgIpc) is 3.10. The zero-order valence-electron chi connectivity index (χ0n) is 14.0. The van der Waals surface area contributed by atoms with E-state index in [2.05, 4.69) is 15.5 Å². The zero-order valence-corrected chi connectivity index (χ0v) is 14.0. The van der Waals surface area contributed by atoms with Crippen LogP contribution in [0.1, 0.15) is 29.6 Å². The number of ketones is 1. The number of rotatable bonds is 6. The first-order chi connectivity index (χ1) is 12.5. The van der Waals surface area contributed by atoms with E-state index in [1.807, 2.05) is 0 Å². The highest BCUT2D eigenvalue weighted by atomic mass is 19.1. The first-order valence-electron chi connectivity index (χ1n) is 8.01. The molecular formula is C19H16FN3O3. The molecule has 132 valence electrons. The van der Waals surface area contributed by atoms with E-state index < -0.39 is 0 Å². The summed E-state index contributed by atoms with van der Waals surface area (Å²) < 4.78 is 18.1. The molecule has 6 nitrogen and oxygen atoms in total. The maximum atomic E-state index is 12.9. The number of hydrogen-bond donors (Lipinski definition) is 1. The minimum atomic E-state index is -0.347. The molecule has 3 rings (SSSR count). The third kappa shape index (κ3) is 4.18. The van der Waals surface area contributed by atoms with E-state index in [1.54, 1.807) is 36.4 Å². The van der Waals surface area contributed by atoms with E-state index in [4.69, 9.17) is 4.52 Å². The average molecular weight is 353 g/mol. The van der Waals surface area contributed by atoms with Gasteiger partial charge in [-0.15, -0.1) is 0 Å². The Bertz CT molecular complexity index is 935. The van der Waals surface area contributed by atoms with Crippen LogP contribution in [0.25, 0.3) is 11.4 Å². The van der Waals surface area contributed by atoms with Crippen molar-refractivity contribution in [1.29, 1.82) is 0 Å². The Morgan fingerprint density at radius 2 is 1.85 bits per heavy atom. The summed E-state index contributed by atoms with van der Waals surface area (Å²) in [6.07, 6.45) is 0.375. The summed E-state index contributed by atoms with van der Waals surface area (Å²) in [7, 11) is 0. The Kier molecular flexibility index (Phi) is 5.17. The van der Waals surface area contributed by atoms with Crippen molar-refractivity contribution in [2.45, 2.75) is 19.8 Å². The fourth-order valence-electron chi connectivity index (χ4n) is 2.40. The van der Waals surface area contributed by atoms with Crippen LogP contribution in [0, 0.1) is 5.82 Å². The molecular weight excluding hydrogens is 337 g/mol. The minimum Gasteiger partial charge on any atom is -0.339 e. The maximum absolute atomic E-state index is 12.9. The summed E-state index contributed by atoms with van der Waals surface area (Å²) in [5, 5.41) is 6.55. The number of nitrogens with zero attached hydrogens (tertiary/aromatic N) is 2. The van der Waals surface area contributed by atoms with Crippen LogP contribution >= 0.6 is 0 Å². The fourth-order valence-corrected chi connectivity index (χ4v) is 2.40. The van der Waals surface area contributed by atoms with E-state index in [0.717, 1.165) is 0 Å². The van der Waals surface area contributed by atoms with Crippen molar-refractivity contribution in [1.82, 2.24) is 10.1 Å². The lowest BCUT2D eigenvalue weighted by molar-refractivity contribution is -0.116. The van der Waals surface area contributed by atoms with Crippen molar-refractivity contribution in [3.63, 3.8) is 0 Å². The highest BCUT2D eigenvalue weighted by Crippen LogP contribution is 2.18. The second kappa shape index (κ2) is 7.69. The number of carbonyl (C=O) groups excluding carboxylic acids is 2. The molecule has 7 heteroatoms. The van der Waals surface area contributed by atoms with Gasteiger partial charge in [0.05, 0.1) is 5.69 Å². The Balaban J connectivity index is 1.60. The Labute approximate surface area is 149 Å². The summed E-state index contributed by atoms with van der Waals surface area (Å²) in [6, 6.07) is 12.5. The van der Waals surface area contributed by atoms with Crippen LogP contribution in [0.4, 0.5) is 10.1 Å². The molecule has 0 aliphatic heterocycles. The van der Waals surface area contributed by atoms with Gasteiger partial charge in [0.15, 0.2) is 5.78 Å². The lowest BCUT2D eigenvalue weighted by Crippen LogP contribution is -2.14. The summed E-state index contributed by atoms with van der Waals surface area (Å²) in [6.45, 7) is 1.44. The molecule has 0 saturated heterocycles. The fraction of sp³-hybridized carbons (Fsp3) is 0.158. The van der Waals surface area contributed by atoms with Gasteiger partial charge in [0.1, 0.15) is 5.82 Å². The van der Waals surface area contributed by atoms with Gasteiger partial charge in [-0.1, -0.05) is 17.3 Å². The quantitative estimate of drug-likeness (QED) is 0.684. The molecule has 3 aromatic rings. The SMILES string of the molecule is CC(=O)c1ccccc1NC(=O)CCc1nc(-c2ccc(F)cc2)no1. The number of benzene rings is 2. The molecule has 0 atom stereocenters. The molecule has 0 bridgehead atoms. The molecule has 0 radical (unpaired) electrons. The number of nitrogens with one attached hydrogen (secondary N) is 1. The van der Waals surface area contributed by atoms with Crippen molar-refractivity contribution >= 4 is 17.4 Å². The first kappa shape index (κ1) is 17.5. The van der Waals surface area contributed by atoms with Gasteiger partial charge in [0, 0.05) is 24.0 Å². The Morgan fingerprint density at radius 1 is 1.12 bits per heavy atom. The van der Waals surface area contributed by atoms with Crippen molar-refractivity contribution in [2.24, 2.45) is 0 Å². The van der Waals surface area contributed by atoms with Gasteiger partial charge in [0.2, 0.25) is 17.6 Å². The second-order valence-electron chi connectivity index (χ2n) is 5.67. The molecule has 1 N–H and O–H groups in total. The van der Waals surface area contributed by atoms with Crippen LogP contribution in [-0.4, -0.2) is 21.8 Å². The van der Waals surface area contributed by atoms with Gasteiger partial charge in [0.25, 0.3) is 0 Å². The van der Waals surface area contributed by atoms with Gasteiger partial charge in [-0.25, -0.2) is 4.39 Å². The van der Waals surface area contributed by atoms with Crippen LogP contribution < -0.4 is 5.32 Å². The number of amides is 1. The standard InChI is InChI=1S/C19H16FN3O3/c1-12(24)15-4-2-3-5-16(15)21-17(25)10-11-18-22-19(23-26-18)13-6-8-14(20)9-7-13/h2-9H,10-11H2,1H3,(H,21,25). The highest BCUT2D eigenvalue weighted by molar-refractivity contribution is 6.03. The lowest BCUT2D eigenvalue weighted by Gasteiger charge is -2.08. The molecule has 1 heterocycles. The van der Waals surface area contributed by atoms with E-state index >= 15 is 0 Å². The molecule has 0 unspecified atom stereocenters. The van der Waals surface area contributed by atoms with Crippen LogP contribution in [0.2, 0.25) is 0 Å². The molecule has 2 aromatic carbocycles. The summed E-state index contributed by atoms with van der Waals surface area (Å²) in [5.74, 6) is -0.0939. The van der Waals surface area contributed by atoms with Gasteiger partial charge in [-0.2, -0.15) is 4.98 Å². The third-order valence-electron chi connectivity index (χ3n) is 3.72. The van der Waals surface area contributed by atoms with E-state index in [0.29, 0.717) is 28.5 Å².